The van der Waals surface area contributed by atoms with E-state index in [-0.39, 0.29) is 18.9 Å². The largest absolute Gasteiger partial charge is 0.341 e. The van der Waals surface area contributed by atoms with E-state index >= 15 is 0 Å². The maximum Gasteiger partial charge on any atom is 0.232 e. The van der Waals surface area contributed by atoms with E-state index in [1.807, 2.05) is 30.3 Å². The van der Waals surface area contributed by atoms with Crippen LogP contribution in [0.1, 0.15) is 12.0 Å². The fourth-order valence-electron chi connectivity index (χ4n) is 2.45. The number of rotatable bonds is 7. The van der Waals surface area contributed by atoms with E-state index in [9.17, 15) is 13.2 Å². The van der Waals surface area contributed by atoms with Crippen LogP contribution >= 0.6 is 11.6 Å². The molecule has 0 spiro atoms. The first kappa shape index (κ1) is 19.3. The van der Waals surface area contributed by atoms with Gasteiger partial charge in [0.25, 0.3) is 0 Å². The van der Waals surface area contributed by atoms with E-state index in [0.29, 0.717) is 17.3 Å². The van der Waals surface area contributed by atoms with Crippen LogP contribution in [0.4, 0.5) is 5.69 Å². The molecule has 1 amide bonds. The molecule has 134 valence electrons. The minimum absolute atomic E-state index is 0.0422. The van der Waals surface area contributed by atoms with Crippen LogP contribution in [0.3, 0.4) is 0 Å². The van der Waals surface area contributed by atoms with Gasteiger partial charge in [-0.25, -0.2) is 8.42 Å². The summed E-state index contributed by atoms with van der Waals surface area (Å²) in [6, 6.07) is 16.3. The number of benzene rings is 2. The van der Waals surface area contributed by atoms with Crippen LogP contribution in [-0.2, 0) is 21.4 Å². The number of anilines is 1. The Balaban J connectivity index is 2.05. The summed E-state index contributed by atoms with van der Waals surface area (Å²) in [5, 5.41) is 0.331. The van der Waals surface area contributed by atoms with Crippen LogP contribution in [0.25, 0.3) is 0 Å². The average Bonchev–Trinajstić information content (AvgIpc) is 2.56. The summed E-state index contributed by atoms with van der Waals surface area (Å²) >= 11 is 6.11. The van der Waals surface area contributed by atoms with Gasteiger partial charge >= 0.3 is 0 Å². The lowest BCUT2D eigenvalue weighted by Crippen LogP contribution is -2.35. The van der Waals surface area contributed by atoms with Gasteiger partial charge in [0.05, 0.1) is 17.0 Å². The van der Waals surface area contributed by atoms with Crippen molar-refractivity contribution in [2.24, 2.45) is 0 Å². The molecule has 0 N–H and O–H groups in total. The van der Waals surface area contributed by atoms with Crippen LogP contribution < -0.4 is 4.31 Å². The summed E-state index contributed by atoms with van der Waals surface area (Å²) in [5.74, 6) is -0.135. The highest BCUT2D eigenvalue weighted by atomic mass is 35.5. The number of amides is 1. The highest BCUT2D eigenvalue weighted by molar-refractivity contribution is 7.92. The topological polar surface area (TPSA) is 57.7 Å². The minimum atomic E-state index is -3.54. The molecular formula is C18H21ClN2O3S. The Kier molecular flexibility index (Phi) is 6.45. The molecule has 0 bridgehead atoms. The quantitative estimate of drug-likeness (QED) is 0.741. The highest BCUT2D eigenvalue weighted by Crippen LogP contribution is 2.27. The second-order valence-corrected chi connectivity index (χ2v) is 8.09. The van der Waals surface area contributed by atoms with Crippen molar-refractivity contribution in [3.63, 3.8) is 0 Å². The number of carbonyl (C=O) groups is 1. The van der Waals surface area contributed by atoms with Crippen LogP contribution in [-0.4, -0.2) is 39.1 Å². The first-order valence-corrected chi connectivity index (χ1v) is 10.0. The maximum absolute atomic E-state index is 12.4. The van der Waals surface area contributed by atoms with Gasteiger partial charge in [0.1, 0.15) is 0 Å². The fraction of sp³-hybridized carbons (Fsp3) is 0.278. The Bertz CT molecular complexity index is 825. The molecule has 0 aliphatic carbocycles. The zero-order valence-electron chi connectivity index (χ0n) is 14.2. The standard InChI is InChI=1S/C18H21ClN2O3S/c1-20(14-15-8-4-3-5-9-15)18(22)12-13-21(25(2,23)24)17-11-7-6-10-16(17)19/h3-11H,12-14H2,1-2H3. The maximum atomic E-state index is 12.4. The van der Waals surface area contributed by atoms with Crippen molar-refractivity contribution in [1.82, 2.24) is 4.90 Å². The molecule has 0 aliphatic heterocycles. The van der Waals surface area contributed by atoms with Gasteiger partial charge in [-0.15, -0.1) is 0 Å². The lowest BCUT2D eigenvalue weighted by Gasteiger charge is -2.24. The Morgan fingerprint density at radius 2 is 1.64 bits per heavy atom. The first-order valence-electron chi connectivity index (χ1n) is 7.79. The van der Waals surface area contributed by atoms with Crippen molar-refractivity contribution in [2.45, 2.75) is 13.0 Å². The zero-order chi connectivity index (χ0) is 18.4. The van der Waals surface area contributed by atoms with Gasteiger partial charge in [-0.05, 0) is 17.7 Å². The van der Waals surface area contributed by atoms with Crippen molar-refractivity contribution in [3.05, 3.63) is 65.2 Å². The van der Waals surface area contributed by atoms with Gasteiger partial charge < -0.3 is 4.90 Å². The lowest BCUT2D eigenvalue weighted by molar-refractivity contribution is -0.130. The Morgan fingerprint density at radius 1 is 1.04 bits per heavy atom. The molecule has 0 atom stereocenters. The third-order valence-electron chi connectivity index (χ3n) is 3.74. The molecule has 0 aromatic heterocycles. The van der Waals surface area contributed by atoms with Crippen molar-refractivity contribution in [3.8, 4) is 0 Å². The molecule has 0 heterocycles. The Morgan fingerprint density at radius 3 is 2.24 bits per heavy atom. The van der Waals surface area contributed by atoms with Crippen molar-refractivity contribution < 1.29 is 13.2 Å². The van der Waals surface area contributed by atoms with Gasteiger partial charge in [0, 0.05) is 26.6 Å². The van der Waals surface area contributed by atoms with Crippen LogP contribution in [0.15, 0.2) is 54.6 Å². The molecule has 2 aromatic rings. The van der Waals surface area contributed by atoms with Gasteiger partial charge in [0.2, 0.25) is 15.9 Å². The summed E-state index contributed by atoms with van der Waals surface area (Å²) in [7, 11) is -1.84. The molecule has 2 rings (SSSR count). The van der Waals surface area contributed by atoms with E-state index in [1.54, 1.807) is 36.2 Å². The summed E-state index contributed by atoms with van der Waals surface area (Å²) in [6.45, 7) is 0.519. The number of carbonyl (C=O) groups excluding carboxylic acids is 1. The summed E-state index contributed by atoms with van der Waals surface area (Å²) < 4.78 is 25.4. The SMILES string of the molecule is CN(Cc1ccccc1)C(=O)CCN(c1ccccc1Cl)S(C)(=O)=O. The zero-order valence-corrected chi connectivity index (χ0v) is 15.8. The molecule has 5 nitrogen and oxygen atoms in total. The molecule has 7 heteroatoms. The molecule has 2 aromatic carbocycles. The number of para-hydroxylation sites is 1. The average molecular weight is 381 g/mol. The smallest absolute Gasteiger partial charge is 0.232 e. The van der Waals surface area contributed by atoms with Crippen LogP contribution in [0, 0.1) is 0 Å². The van der Waals surface area contributed by atoms with Crippen molar-refractivity contribution in [1.29, 1.82) is 0 Å². The second kappa shape index (κ2) is 8.36. The van der Waals surface area contributed by atoms with Gasteiger partial charge in [-0.3, -0.25) is 9.10 Å². The van der Waals surface area contributed by atoms with Crippen molar-refractivity contribution >= 4 is 33.2 Å². The van der Waals surface area contributed by atoms with E-state index in [4.69, 9.17) is 11.6 Å². The predicted octanol–water partition coefficient (Wildman–Crippen LogP) is 3.15. The molecule has 0 aliphatic rings. The Labute approximate surface area is 153 Å². The number of hydrogen-bond donors (Lipinski definition) is 0. The molecular weight excluding hydrogens is 360 g/mol. The second-order valence-electron chi connectivity index (χ2n) is 5.77. The van der Waals surface area contributed by atoms with E-state index in [0.717, 1.165) is 11.8 Å². The predicted molar refractivity (Wildman–Crippen MR) is 101 cm³/mol. The van der Waals surface area contributed by atoms with Gasteiger partial charge in [-0.2, -0.15) is 0 Å². The fourth-order valence-corrected chi connectivity index (χ4v) is 3.68. The van der Waals surface area contributed by atoms with Crippen LogP contribution in [0.2, 0.25) is 5.02 Å². The lowest BCUT2D eigenvalue weighted by atomic mass is 10.2. The van der Waals surface area contributed by atoms with Gasteiger partial charge in [-0.1, -0.05) is 54.1 Å². The third kappa shape index (κ3) is 5.47. The Hall–Kier alpha value is -2.05. The molecule has 25 heavy (non-hydrogen) atoms. The number of nitrogens with zero attached hydrogens (tertiary/aromatic N) is 2. The van der Waals surface area contributed by atoms with E-state index in [2.05, 4.69) is 0 Å². The number of sulfonamides is 1. The van der Waals surface area contributed by atoms with Gasteiger partial charge in [0.15, 0.2) is 0 Å². The van der Waals surface area contributed by atoms with E-state index in [1.165, 1.54) is 4.31 Å². The minimum Gasteiger partial charge on any atom is -0.341 e. The molecule has 0 fully saturated rings. The van der Waals surface area contributed by atoms with E-state index < -0.39 is 10.0 Å². The third-order valence-corrected chi connectivity index (χ3v) is 5.24. The van der Waals surface area contributed by atoms with Crippen molar-refractivity contribution in [2.75, 3.05) is 24.2 Å². The normalized spacial score (nSPS) is 11.2. The molecule has 0 saturated carbocycles. The first-order chi connectivity index (χ1) is 11.8. The summed E-state index contributed by atoms with van der Waals surface area (Å²) in [5.41, 5.74) is 1.40. The number of hydrogen-bond acceptors (Lipinski definition) is 3. The summed E-state index contributed by atoms with van der Waals surface area (Å²) in [4.78, 5) is 14.0. The molecule has 0 saturated heterocycles. The summed E-state index contributed by atoms with van der Waals surface area (Å²) in [6.07, 6.45) is 1.18. The highest BCUT2D eigenvalue weighted by Gasteiger charge is 2.21. The van der Waals surface area contributed by atoms with Crippen LogP contribution in [0.5, 0.6) is 0 Å². The monoisotopic (exact) mass is 380 g/mol. The number of halogens is 1. The molecule has 0 unspecified atom stereocenters. The molecule has 0 radical (unpaired) electrons.